The third-order valence-electron chi connectivity index (χ3n) is 3.23. The normalized spacial score (nSPS) is 13.0. The highest BCUT2D eigenvalue weighted by Gasteiger charge is 2.40. The number of carbonyl (C=O) groups excluding carboxylic acids is 3. The van der Waals surface area contributed by atoms with Gasteiger partial charge in [0.25, 0.3) is 17.5 Å². The van der Waals surface area contributed by atoms with Crippen LogP contribution in [0.5, 0.6) is 0 Å². The highest BCUT2D eigenvalue weighted by molar-refractivity contribution is 6.21. The molecule has 3 rings (SSSR count). The molecule has 2 amide bonds. The van der Waals surface area contributed by atoms with Gasteiger partial charge in [0.2, 0.25) is 0 Å². The summed E-state index contributed by atoms with van der Waals surface area (Å²) in [6.45, 7) is 0. The molecular weight excluding hydrogens is 304 g/mol. The predicted octanol–water partition coefficient (Wildman–Crippen LogP) is 1.96. The van der Waals surface area contributed by atoms with Crippen LogP contribution in [0.25, 0.3) is 0 Å². The maximum atomic E-state index is 12.2. The van der Waals surface area contributed by atoms with Gasteiger partial charge in [-0.05, 0) is 18.2 Å². The van der Waals surface area contributed by atoms with E-state index in [4.69, 9.17) is 4.84 Å². The lowest BCUT2D eigenvalue weighted by Gasteiger charge is -2.12. The van der Waals surface area contributed by atoms with Crippen molar-refractivity contribution in [2.24, 2.45) is 0 Å². The molecular formula is C15H8N2O6. The molecule has 0 radical (unpaired) electrons. The quantitative estimate of drug-likeness (QED) is 0.487. The molecule has 2 aromatic rings. The summed E-state index contributed by atoms with van der Waals surface area (Å²) in [5.74, 6) is -2.64. The van der Waals surface area contributed by atoms with Gasteiger partial charge in [0, 0.05) is 12.1 Å². The first-order valence-electron chi connectivity index (χ1n) is 6.43. The second-order valence-corrected chi connectivity index (χ2v) is 4.64. The minimum atomic E-state index is -0.919. The van der Waals surface area contributed by atoms with Gasteiger partial charge in [-0.25, -0.2) is 4.79 Å². The summed E-state index contributed by atoms with van der Waals surface area (Å²) in [6, 6.07) is 11.1. The van der Waals surface area contributed by atoms with Gasteiger partial charge in [-0.1, -0.05) is 23.3 Å². The SMILES string of the molecule is O=C(ON1C(=O)c2ccc([N+](=O)[O-])cc2C1=O)c1ccccc1. The van der Waals surface area contributed by atoms with Crippen LogP contribution >= 0.6 is 0 Å². The fraction of sp³-hybridized carbons (Fsp3) is 0. The van der Waals surface area contributed by atoms with Crippen LogP contribution in [-0.4, -0.2) is 27.8 Å². The molecule has 8 nitrogen and oxygen atoms in total. The van der Waals surface area contributed by atoms with Crippen molar-refractivity contribution in [3.8, 4) is 0 Å². The molecule has 8 heteroatoms. The first kappa shape index (κ1) is 14.4. The number of nitro groups is 1. The highest BCUT2D eigenvalue weighted by Crippen LogP contribution is 2.27. The number of fused-ring (bicyclic) bond motifs is 1. The molecule has 0 fully saturated rings. The van der Waals surface area contributed by atoms with Crippen molar-refractivity contribution in [1.29, 1.82) is 0 Å². The number of carbonyl (C=O) groups is 3. The van der Waals surface area contributed by atoms with Crippen LogP contribution < -0.4 is 0 Å². The Balaban J connectivity index is 1.88. The molecule has 0 aromatic heterocycles. The van der Waals surface area contributed by atoms with Crippen LogP contribution in [0.1, 0.15) is 31.1 Å². The number of nitrogens with zero attached hydrogens (tertiary/aromatic N) is 2. The van der Waals surface area contributed by atoms with E-state index in [-0.39, 0.29) is 22.4 Å². The fourth-order valence-corrected chi connectivity index (χ4v) is 2.11. The third kappa shape index (κ3) is 2.42. The van der Waals surface area contributed by atoms with Crippen LogP contribution in [0.3, 0.4) is 0 Å². The molecule has 23 heavy (non-hydrogen) atoms. The van der Waals surface area contributed by atoms with E-state index in [1.807, 2.05) is 0 Å². The Morgan fingerprint density at radius 2 is 1.65 bits per heavy atom. The molecule has 1 aliphatic heterocycles. The lowest BCUT2D eigenvalue weighted by atomic mass is 10.1. The number of benzene rings is 2. The molecule has 0 unspecified atom stereocenters. The fourth-order valence-electron chi connectivity index (χ4n) is 2.11. The minimum Gasteiger partial charge on any atom is -0.324 e. The summed E-state index contributed by atoms with van der Waals surface area (Å²) in [7, 11) is 0. The van der Waals surface area contributed by atoms with Crippen LogP contribution in [0.2, 0.25) is 0 Å². The molecule has 0 atom stereocenters. The van der Waals surface area contributed by atoms with E-state index in [2.05, 4.69) is 0 Å². The average molecular weight is 312 g/mol. The zero-order valence-electron chi connectivity index (χ0n) is 11.5. The van der Waals surface area contributed by atoms with Crippen molar-refractivity contribution < 1.29 is 24.1 Å². The molecule has 0 bridgehead atoms. The number of hydroxylamine groups is 2. The summed E-state index contributed by atoms with van der Waals surface area (Å²) in [6.07, 6.45) is 0. The van der Waals surface area contributed by atoms with Gasteiger partial charge in [-0.15, -0.1) is 0 Å². The number of nitro benzene ring substituents is 1. The molecule has 1 aliphatic rings. The van der Waals surface area contributed by atoms with Gasteiger partial charge in [0.15, 0.2) is 0 Å². The molecule has 0 N–H and O–H groups in total. The molecule has 0 spiro atoms. The van der Waals surface area contributed by atoms with E-state index in [0.717, 1.165) is 18.2 Å². The number of amides is 2. The average Bonchev–Trinajstić information content (AvgIpc) is 2.80. The summed E-state index contributed by atoms with van der Waals surface area (Å²) >= 11 is 0. The number of hydrogen-bond donors (Lipinski definition) is 0. The van der Waals surface area contributed by atoms with Gasteiger partial charge in [-0.3, -0.25) is 19.7 Å². The van der Waals surface area contributed by atoms with E-state index in [0.29, 0.717) is 5.06 Å². The largest absolute Gasteiger partial charge is 0.363 e. The van der Waals surface area contributed by atoms with Crippen LogP contribution in [0, 0.1) is 10.1 Å². The van der Waals surface area contributed by atoms with E-state index < -0.39 is 22.7 Å². The van der Waals surface area contributed by atoms with Crippen molar-refractivity contribution in [3.05, 3.63) is 75.3 Å². The summed E-state index contributed by atoms with van der Waals surface area (Å²) in [5, 5.41) is 11.1. The number of rotatable bonds is 3. The zero-order chi connectivity index (χ0) is 16.6. The monoisotopic (exact) mass is 312 g/mol. The van der Waals surface area contributed by atoms with Crippen LogP contribution in [0.4, 0.5) is 5.69 Å². The Labute approximate surface area is 129 Å². The standard InChI is InChI=1S/C15H8N2O6/c18-13-11-7-6-10(17(21)22)8-12(11)14(19)16(13)23-15(20)9-4-2-1-3-5-9/h1-8H. The first-order valence-corrected chi connectivity index (χ1v) is 6.43. The van der Waals surface area contributed by atoms with Crippen molar-refractivity contribution in [2.75, 3.05) is 0 Å². The lowest BCUT2D eigenvalue weighted by Crippen LogP contribution is -2.32. The molecule has 0 aliphatic carbocycles. The van der Waals surface area contributed by atoms with E-state index in [1.165, 1.54) is 12.1 Å². The third-order valence-corrected chi connectivity index (χ3v) is 3.23. The Morgan fingerprint density at radius 1 is 1.00 bits per heavy atom. The number of imide groups is 1. The van der Waals surface area contributed by atoms with Crippen molar-refractivity contribution >= 4 is 23.5 Å². The second kappa shape index (κ2) is 5.34. The smallest absolute Gasteiger partial charge is 0.324 e. The molecule has 1 heterocycles. The van der Waals surface area contributed by atoms with Gasteiger partial charge in [0.1, 0.15) is 0 Å². The van der Waals surface area contributed by atoms with Gasteiger partial charge in [-0.2, -0.15) is 0 Å². The second-order valence-electron chi connectivity index (χ2n) is 4.64. The maximum absolute atomic E-state index is 12.2. The maximum Gasteiger partial charge on any atom is 0.363 e. The molecule has 0 saturated carbocycles. The Bertz CT molecular complexity index is 846. The van der Waals surface area contributed by atoms with Gasteiger partial charge < -0.3 is 4.84 Å². The van der Waals surface area contributed by atoms with Crippen molar-refractivity contribution in [3.63, 3.8) is 0 Å². The van der Waals surface area contributed by atoms with Gasteiger partial charge in [0.05, 0.1) is 21.6 Å². The van der Waals surface area contributed by atoms with E-state index >= 15 is 0 Å². The summed E-state index contributed by atoms with van der Waals surface area (Å²) in [5.41, 5.74) is -0.400. The van der Waals surface area contributed by atoms with Crippen LogP contribution in [0.15, 0.2) is 48.5 Å². The highest BCUT2D eigenvalue weighted by atomic mass is 16.7. The van der Waals surface area contributed by atoms with Gasteiger partial charge >= 0.3 is 5.97 Å². The first-order chi connectivity index (χ1) is 11.0. The molecule has 114 valence electrons. The van der Waals surface area contributed by atoms with E-state index in [9.17, 15) is 24.5 Å². The van der Waals surface area contributed by atoms with Crippen LogP contribution in [-0.2, 0) is 4.84 Å². The Hall–Kier alpha value is -3.55. The number of hydrogen-bond acceptors (Lipinski definition) is 6. The lowest BCUT2D eigenvalue weighted by molar-refractivity contribution is -0.384. The van der Waals surface area contributed by atoms with E-state index in [1.54, 1.807) is 18.2 Å². The Morgan fingerprint density at radius 3 is 2.30 bits per heavy atom. The summed E-state index contributed by atoms with van der Waals surface area (Å²) in [4.78, 5) is 51.1. The zero-order valence-corrected chi connectivity index (χ0v) is 11.5. The Kier molecular flexibility index (Phi) is 3.34. The molecule has 2 aromatic carbocycles. The molecule has 0 saturated heterocycles. The van der Waals surface area contributed by atoms with Crippen molar-refractivity contribution in [1.82, 2.24) is 5.06 Å². The number of non-ortho nitro benzene ring substituents is 1. The topological polar surface area (TPSA) is 107 Å². The summed E-state index contributed by atoms with van der Waals surface area (Å²) < 4.78 is 0. The minimum absolute atomic E-state index is 0.0542. The predicted molar refractivity (Wildman–Crippen MR) is 75.5 cm³/mol. The van der Waals surface area contributed by atoms with Crippen molar-refractivity contribution in [2.45, 2.75) is 0 Å².